The van der Waals surface area contributed by atoms with E-state index in [1.54, 1.807) is 17.8 Å². The van der Waals surface area contributed by atoms with Gasteiger partial charge in [-0.15, -0.1) is 11.8 Å². The number of nitriles is 1. The van der Waals surface area contributed by atoms with E-state index in [1.165, 1.54) is 12.8 Å². The van der Waals surface area contributed by atoms with Crippen molar-refractivity contribution in [3.63, 3.8) is 0 Å². The molecule has 0 amide bonds. The molecular weight excluding hydrogens is 287 g/mol. The van der Waals surface area contributed by atoms with Crippen LogP contribution in [0.5, 0.6) is 0 Å². The molecule has 0 radical (unpaired) electrons. The second kappa shape index (κ2) is 5.71. The zero-order chi connectivity index (χ0) is 13.2. The lowest BCUT2D eigenvalue weighted by Crippen LogP contribution is -2.44. The molecule has 0 heterocycles. The van der Waals surface area contributed by atoms with Gasteiger partial charge in [-0.1, -0.05) is 23.2 Å². The third kappa shape index (κ3) is 3.80. The predicted octanol–water partition coefficient (Wildman–Crippen LogP) is 4.12. The fourth-order valence-corrected chi connectivity index (χ4v) is 2.91. The Morgan fingerprint density at radius 1 is 1.44 bits per heavy atom. The highest BCUT2D eigenvalue weighted by Crippen LogP contribution is 2.31. The SMILES string of the molecule is CC(C#N)(CSc1ccc(Cl)c(Cl)c1)NC1CC1. The van der Waals surface area contributed by atoms with Gasteiger partial charge in [-0.2, -0.15) is 5.26 Å². The van der Waals surface area contributed by atoms with Crippen molar-refractivity contribution in [2.24, 2.45) is 0 Å². The standard InChI is InChI=1S/C13H14Cl2N2S/c1-13(7-16,17-9-2-3-9)8-18-10-4-5-11(14)12(15)6-10/h4-6,9,17H,2-3,8H2,1H3. The lowest BCUT2D eigenvalue weighted by Gasteiger charge is -2.22. The van der Waals surface area contributed by atoms with Crippen LogP contribution in [0.25, 0.3) is 0 Å². The molecule has 1 aliphatic rings. The summed E-state index contributed by atoms with van der Waals surface area (Å²) >= 11 is 13.5. The van der Waals surface area contributed by atoms with Crippen LogP contribution < -0.4 is 5.32 Å². The predicted molar refractivity (Wildman–Crippen MR) is 77.4 cm³/mol. The van der Waals surface area contributed by atoms with Gasteiger partial charge in [-0.05, 0) is 38.0 Å². The molecule has 96 valence electrons. The van der Waals surface area contributed by atoms with Gasteiger partial charge in [0.25, 0.3) is 0 Å². The van der Waals surface area contributed by atoms with Crippen LogP contribution in [0.2, 0.25) is 10.0 Å². The Morgan fingerprint density at radius 3 is 2.72 bits per heavy atom. The summed E-state index contributed by atoms with van der Waals surface area (Å²) in [5.74, 6) is 0.692. The van der Waals surface area contributed by atoms with Crippen LogP contribution in [0.15, 0.2) is 23.1 Å². The van der Waals surface area contributed by atoms with Gasteiger partial charge in [0.2, 0.25) is 0 Å². The van der Waals surface area contributed by atoms with Crippen molar-refractivity contribution >= 4 is 35.0 Å². The van der Waals surface area contributed by atoms with Gasteiger partial charge in [-0.3, -0.25) is 5.32 Å². The van der Waals surface area contributed by atoms with E-state index in [2.05, 4.69) is 11.4 Å². The molecule has 1 fully saturated rings. The van der Waals surface area contributed by atoms with Gasteiger partial charge in [0.1, 0.15) is 5.54 Å². The summed E-state index contributed by atoms with van der Waals surface area (Å²) in [5.41, 5.74) is -0.488. The summed E-state index contributed by atoms with van der Waals surface area (Å²) in [5, 5.41) is 13.7. The Morgan fingerprint density at radius 2 is 2.17 bits per heavy atom. The third-order valence-electron chi connectivity index (χ3n) is 2.77. The van der Waals surface area contributed by atoms with Crippen molar-refractivity contribution in [2.75, 3.05) is 5.75 Å². The highest BCUT2D eigenvalue weighted by molar-refractivity contribution is 7.99. The van der Waals surface area contributed by atoms with E-state index in [0.29, 0.717) is 21.8 Å². The molecular formula is C13H14Cl2N2S. The molecule has 2 rings (SSSR count). The first-order valence-electron chi connectivity index (χ1n) is 5.79. The highest BCUT2D eigenvalue weighted by atomic mass is 35.5. The molecule has 1 aromatic rings. The first kappa shape index (κ1) is 14.0. The minimum absolute atomic E-state index is 0.488. The van der Waals surface area contributed by atoms with Gasteiger partial charge in [0, 0.05) is 16.7 Å². The summed E-state index contributed by atoms with van der Waals surface area (Å²) in [6.07, 6.45) is 2.35. The monoisotopic (exact) mass is 300 g/mol. The highest BCUT2D eigenvalue weighted by Gasteiger charge is 2.32. The van der Waals surface area contributed by atoms with E-state index >= 15 is 0 Å². The number of hydrogen-bond acceptors (Lipinski definition) is 3. The smallest absolute Gasteiger partial charge is 0.113 e. The topological polar surface area (TPSA) is 35.8 Å². The van der Waals surface area contributed by atoms with Crippen LogP contribution in [0, 0.1) is 11.3 Å². The molecule has 0 aliphatic heterocycles. The van der Waals surface area contributed by atoms with Crippen LogP contribution >= 0.6 is 35.0 Å². The van der Waals surface area contributed by atoms with Crippen LogP contribution in [0.1, 0.15) is 19.8 Å². The molecule has 5 heteroatoms. The molecule has 18 heavy (non-hydrogen) atoms. The van der Waals surface area contributed by atoms with Gasteiger partial charge < -0.3 is 0 Å². The van der Waals surface area contributed by atoms with E-state index in [-0.39, 0.29) is 0 Å². The van der Waals surface area contributed by atoms with E-state index in [1.807, 2.05) is 19.1 Å². The number of rotatable bonds is 5. The molecule has 1 N–H and O–H groups in total. The van der Waals surface area contributed by atoms with E-state index in [9.17, 15) is 5.26 Å². The van der Waals surface area contributed by atoms with Crippen LogP contribution in [-0.4, -0.2) is 17.3 Å². The average Bonchev–Trinajstić information content (AvgIpc) is 3.15. The summed E-state index contributed by atoms with van der Waals surface area (Å²) in [6, 6.07) is 8.42. The largest absolute Gasteiger partial charge is 0.296 e. The molecule has 1 aromatic carbocycles. The molecule has 2 nitrogen and oxygen atoms in total. The Balaban J connectivity index is 1.96. The fourth-order valence-electron chi connectivity index (χ4n) is 1.58. The van der Waals surface area contributed by atoms with E-state index < -0.39 is 5.54 Å². The first-order chi connectivity index (χ1) is 8.52. The summed E-state index contributed by atoms with van der Waals surface area (Å²) in [4.78, 5) is 1.03. The maximum atomic E-state index is 9.27. The molecule has 0 aromatic heterocycles. The lowest BCUT2D eigenvalue weighted by molar-refractivity contribution is 0.490. The van der Waals surface area contributed by atoms with Gasteiger partial charge >= 0.3 is 0 Å². The van der Waals surface area contributed by atoms with Gasteiger partial charge in [0.05, 0.1) is 16.1 Å². The van der Waals surface area contributed by atoms with Crippen molar-refractivity contribution in [1.29, 1.82) is 5.26 Å². The maximum absolute atomic E-state index is 9.27. The summed E-state index contributed by atoms with van der Waals surface area (Å²) in [7, 11) is 0. The van der Waals surface area contributed by atoms with E-state index in [4.69, 9.17) is 23.2 Å². The molecule has 1 atom stereocenters. The maximum Gasteiger partial charge on any atom is 0.113 e. The Hall–Kier alpha value is -0.400. The van der Waals surface area contributed by atoms with Crippen molar-refractivity contribution in [2.45, 2.75) is 36.2 Å². The second-order valence-electron chi connectivity index (χ2n) is 4.73. The molecule has 1 unspecified atom stereocenters. The number of benzene rings is 1. The Bertz CT molecular complexity index is 482. The zero-order valence-electron chi connectivity index (χ0n) is 10.0. The Labute approximate surface area is 122 Å². The van der Waals surface area contributed by atoms with Gasteiger partial charge in [-0.25, -0.2) is 0 Å². The summed E-state index contributed by atoms with van der Waals surface area (Å²) < 4.78 is 0. The normalized spacial score (nSPS) is 18.1. The minimum atomic E-state index is -0.488. The van der Waals surface area contributed by atoms with Crippen molar-refractivity contribution in [3.8, 4) is 6.07 Å². The second-order valence-corrected chi connectivity index (χ2v) is 6.59. The Kier molecular flexibility index (Phi) is 4.45. The zero-order valence-corrected chi connectivity index (χ0v) is 12.4. The molecule has 1 aliphatic carbocycles. The molecule has 0 bridgehead atoms. The number of hydrogen-bond donors (Lipinski definition) is 1. The first-order valence-corrected chi connectivity index (χ1v) is 7.53. The molecule has 0 spiro atoms. The van der Waals surface area contributed by atoms with Gasteiger partial charge in [0.15, 0.2) is 0 Å². The number of nitrogens with one attached hydrogen (secondary N) is 1. The van der Waals surface area contributed by atoms with Crippen molar-refractivity contribution in [3.05, 3.63) is 28.2 Å². The number of thioether (sulfide) groups is 1. The number of nitrogens with zero attached hydrogens (tertiary/aromatic N) is 1. The lowest BCUT2D eigenvalue weighted by atomic mass is 10.1. The van der Waals surface area contributed by atoms with Crippen molar-refractivity contribution in [1.82, 2.24) is 5.32 Å². The van der Waals surface area contributed by atoms with Crippen molar-refractivity contribution < 1.29 is 0 Å². The third-order valence-corrected chi connectivity index (χ3v) is 4.81. The quantitative estimate of drug-likeness (QED) is 0.831. The van der Waals surface area contributed by atoms with E-state index in [0.717, 1.165) is 4.90 Å². The minimum Gasteiger partial charge on any atom is -0.296 e. The van der Waals surface area contributed by atoms with Crippen LogP contribution in [0.4, 0.5) is 0 Å². The average molecular weight is 301 g/mol. The molecule has 0 saturated heterocycles. The molecule has 1 saturated carbocycles. The van der Waals surface area contributed by atoms with Crippen LogP contribution in [0.3, 0.4) is 0 Å². The summed E-state index contributed by atoms with van der Waals surface area (Å²) in [6.45, 7) is 1.94. The van der Waals surface area contributed by atoms with Crippen LogP contribution in [-0.2, 0) is 0 Å². The fraction of sp³-hybridized carbons (Fsp3) is 0.462. The number of halogens is 2.